The van der Waals surface area contributed by atoms with Gasteiger partial charge in [-0.3, -0.25) is 0 Å². The second kappa shape index (κ2) is 3.69. The second-order valence-corrected chi connectivity index (χ2v) is 3.45. The van der Waals surface area contributed by atoms with Crippen LogP contribution >= 0.6 is 0 Å². The van der Waals surface area contributed by atoms with E-state index in [1.54, 1.807) is 12.1 Å². The summed E-state index contributed by atoms with van der Waals surface area (Å²) in [6, 6.07) is 5.39. The third-order valence-corrected chi connectivity index (χ3v) is 2.40. The summed E-state index contributed by atoms with van der Waals surface area (Å²) in [5, 5.41) is 9.27. The molecular formula is C11H14O2. The van der Waals surface area contributed by atoms with Gasteiger partial charge in [0, 0.05) is 6.07 Å². The van der Waals surface area contributed by atoms with Crippen LogP contribution in [-0.4, -0.2) is 11.7 Å². The van der Waals surface area contributed by atoms with Gasteiger partial charge in [0.2, 0.25) is 0 Å². The van der Waals surface area contributed by atoms with Gasteiger partial charge in [0.05, 0.1) is 6.61 Å². The zero-order chi connectivity index (χ0) is 9.10. The molecule has 0 radical (unpaired) electrons. The van der Waals surface area contributed by atoms with Crippen molar-refractivity contribution in [3.8, 4) is 11.5 Å². The predicted molar refractivity (Wildman–Crippen MR) is 51.2 cm³/mol. The summed E-state index contributed by atoms with van der Waals surface area (Å²) in [5.74, 6) is 1.15. The fraction of sp³-hybridized carbons (Fsp3) is 0.455. The van der Waals surface area contributed by atoms with Gasteiger partial charge in [-0.1, -0.05) is 6.07 Å². The van der Waals surface area contributed by atoms with Gasteiger partial charge < -0.3 is 9.84 Å². The van der Waals surface area contributed by atoms with Crippen LogP contribution in [0.4, 0.5) is 0 Å². The van der Waals surface area contributed by atoms with Crippen molar-refractivity contribution in [2.45, 2.75) is 25.7 Å². The van der Waals surface area contributed by atoms with Gasteiger partial charge in [-0.2, -0.15) is 0 Å². The quantitative estimate of drug-likeness (QED) is 0.661. The number of hydrogen-bond acceptors (Lipinski definition) is 2. The van der Waals surface area contributed by atoms with Crippen molar-refractivity contribution in [2.24, 2.45) is 0 Å². The van der Waals surface area contributed by atoms with Crippen LogP contribution < -0.4 is 4.74 Å². The Labute approximate surface area is 78.2 Å². The van der Waals surface area contributed by atoms with E-state index < -0.39 is 0 Å². The van der Waals surface area contributed by atoms with Gasteiger partial charge in [0.1, 0.15) is 11.5 Å². The molecule has 0 bridgehead atoms. The minimum Gasteiger partial charge on any atom is -0.508 e. The van der Waals surface area contributed by atoms with Crippen molar-refractivity contribution in [3.05, 3.63) is 23.8 Å². The highest BCUT2D eigenvalue weighted by molar-refractivity contribution is 5.40. The largest absolute Gasteiger partial charge is 0.508 e. The fourth-order valence-corrected chi connectivity index (χ4v) is 1.66. The summed E-state index contributed by atoms with van der Waals surface area (Å²) in [5.41, 5.74) is 1.22. The third kappa shape index (κ3) is 1.94. The van der Waals surface area contributed by atoms with Crippen molar-refractivity contribution < 1.29 is 9.84 Å². The highest BCUT2D eigenvalue weighted by atomic mass is 16.5. The highest BCUT2D eigenvalue weighted by Gasteiger charge is 2.07. The average Bonchev–Trinajstić information content (AvgIpc) is 2.08. The lowest BCUT2D eigenvalue weighted by Crippen LogP contribution is -2.04. The lowest BCUT2D eigenvalue weighted by Gasteiger charge is -2.14. The molecule has 1 aliphatic heterocycles. The summed E-state index contributed by atoms with van der Waals surface area (Å²) in [4.78, 5) is 0. The number of phenolic OH excluding ortho intramolecular Hbond substituents is 1. The molecule has 70 valence electrons. The van der Waals surface area contributed by atoms with Crippen LogP contribution in [0.3, 0.4) is 0 Å². The van der Waals surface area contributed by atoms with Crippen molar-refractivity contribution >= 4 is 0 Å². The Morgan fingerprint density at radius 1 is 1.15 bits per heavy atom. The van der Waals surface area contributed by atoms with Gasteiger partial charge in [-0.25, -0.2) is 0 Å². The fourth-order valence-electron chi connectivity index (χ4n) is 1.66. The monoisotopic (exact) mass is 178 g/mol. The number of aromatic hydroxyl groups is 1. The molecule has 0 unspecified atom stereocenters. The Balaban J connectivity index is 2.28. The highest BCUT2D eigenvalue weighted by Crippen LogP contribution is 2.27. The summed E-state index contributed by atoms with van der Waals surface area (Å²) < 4.78 is 5.55. The summed E-state index contributed by atoms with van der Waals surface area (Å²) in [6.07, 6.45) is 4.65. The number of fused-ring (bicyclic) bond motifs is 1. The molecule has 0 aromatic heterocycles. The van der Waals surface area contributed by atoms with Gasteiger partial charge in [-0.05, 0) is 37.3 Å². The molecule has 13 heavy (non-hydrogen) atoms. The van der Waals surface area contributed by atoms with Crippen molar-refractivity contribution in [1.82, 2.24) is 0 Å². The number of aryl methyl sites for hydroxylation is 1. The molecule has 0 saturated carbocycles. The van der Waals surface area contributed by atoms with E-state index in [0.29, 0.717) is 5.75 Å². The van der Waals surface area contributed by atoms with E-state index in [9.17, 15) is 5.11 Å². The number of rotatable bonds is 0. The second-order valence-electron chi connectivity index (χ2n) is 3.45. The molecule has 1 aliphatic rings. The van der Waals surface area contributed by atoms with Crippen molar-refractivity contribution in [3.63, 3.8) is 0 Å². The first-order valence-electron chi connectivity index (χ1n) is 4.81. The maximum Gasteiger partial charge on any atom is 0.126 e. The van der Waals surface area contributed by atoms with Crippen LogP contribution in [0.5, 0.6) is 11.5 Å². The van der Waals surface area contributed by atoms with Gasteiger partial charge in [-0.15, -0.1) is 0 Å². The number of hydrogen-bond donors (Lipinski definition) is 1. The van der Waals surface area contributed by atoms with E-state index in [1.165, 1.54) is 18.4 Å². The van der Waals surface area contributed by atoms with Crippen LogP contribution in [0.2, 0.25) is 0 Å². The van der Waals surface area contributed by atoms with E-state index in [1.807, 2.05) is 6.07 Å². The van der Waals surface area contributed by atoms with E-state index in [0.717, 1.165) is 25.2 Å². The normalized spacial score (nSPS) is 16.6. The maximum absolute atomic E-state index is 9.27. The summed E-state index contributed by atoms with van der Waals surface area (Å²) in [7, 11) is 0. The Bertz CT molecular complexity index is 294. The topological polar surface area (TPSA) is 29.5 Å². The molecule has 1 heterocycles. The molecule has 2 heteroatoms. The molecule has 2 nitrogen and oxygen atoms in total. The first-order valence-corrected chi connectivity index (χ1v) is 4.81. The predicted octanol–water partition coefficient (Wildman–Crippen LogP) is 2.50. The molecule has 0 atom stereocenters. The van der Waals surface area contributed by atoms with Crippen LogP contribution in [0.1, 0.15) is 24.8 Å². The van der Waals surface area contributed by atoms with Crippen LogP contribution in [0, 0.1) is 0 Å². The van der Waals surface area contributed by atoms with Gasteiger partial charge in [0.25, 0.3) is 0 Å². The lowest BCUT2D eigenvalue weighted by molar-refractivity contribution is 0.293. The molecule has 0 fully saturated rings. The first-order chi connectivity index (χ1) is 6.36. The van der Waals surface area contributed by atoms with E-state index in [2.05, 4.69) is 0 Å². The van der Waals surface area contributed by atoms with Gasteiger partial charge >= 0.3 is 0 Å². The minimum absolute atomic E-state index is 0.291. The van der Waals surface area contributed by atoms with Crippen LogP contribution in [0.25, 0.3) is 0 Å². The Hall–Kier alpha value is -1.18. The Morgan fingerprint density at radius 3 is 3.00 bits per heavy atom. The third-order valence-electron chi connectivity index (χ3n) is 2.40. The SMILES string of the molecule is Oc1ccc2c(c1)OCCCCC2. The zero-order valence-electron chi connectivity index (χ0n) is 7.62. The molecule has 0 aliphatic carbocycles. The summed E-state index contributed by atoms with van der Waals surface area (Å²) >= 11 is 0. The maximum atomic E-state index is 9.27. The van der Waals surface area contributed by atoms with E-state index in [4.69, 9.17) is 4.74 Å². The molecule has 0 amide bonds. The van der Waals surface area contributed by atoms with E-state index in [-0.39, 0.29) is 0 Å². The van der Waals surface area contributed by atoms with E-state index >= 15 is 0 Å². The number of benzene rings is 1. The van der Waals surface area contributed by atoms with Crippen molar-refractivity contribution in [1.29, 1.82) is 0 Å². The molecule has 1 aromatic rings. The smallest absolute Gasteiger partial charge is 0.126 e. The van der Waals surface area contributed by atoms with Gasteiger partial charge in [0.15, 0.2) is 0 Å². The molecule has 1 aromatic carbocycles. The summed E-state index contributed by atoms with van der Waals surface area (Å²) in [6.45, 7) is 0.774. The zero-order valence-corrected chi connectivity index (χ0v) is 7.62. The molecule has 1 N–H and O–H groups in total. The standard InChI is InChI=1S/C11H14O2/c12-10-6-5-9-4-2-1-3-7-13-11(9)8-10/h5-6,8,12H,1-4,7H2. The number of ether oxygens (including phenoxy) is 1. The Kier molecular flexibility index (Phi) is 2.39. The Morgan fingerprint density at radius 2 is 2.08 bits per heavy atom. The lowest BCUT2D eigenvalue weighted by atomic mass is 10.0. The first kappa shape index (κ1) is 8.42. The van der Waals surface area contributed by atoms with Crippen molar-refractivity contribution in [2.75, 3.05) is 6.61 Å². The molecule has 0 spiro atoms. The number of phenols is 1. The average molecular weight is 178 g/mol. The minimum atomic E-state index is 0.291. The molecular weight excluding hydrogens is 164 g/mol. The van der Waals surface area contributed by atoms with Crippen LogP contribution in [0.15, 0.2) is 18.2 Å². The molecule has 2 rings (SSSR count). The molecule has 0 saturated heterocycles. The van der Waals surface area contributed by atoms with Crippen LogP contribution in [-0.2, 0) is 6.42 Å².